The number of nitrogen functional groups attached to an aromatic ring is 1. The van der Waals surface area contributed by atoms with Crippen molar-refractivity contribution in [2.75, 3.05) is 18.2 Å². The molecule has 0 aliphatic carbocycles. The molecule has 0 bridgehead atoms. The molecule has 0 heterocycles. The Hall–Kier alpha value is -2.56. The van der Waals surface area contributed by atoms with Crippen LogP contribution in [0.1, 0.15) is 15.9 Å². The molecule has 0 saturated heterocycles. The molecule has 2 rings (SSSR count). The molecule has 2 aromatic carbocycles. The highest BCUT2D eigenvalue weighted by atomic mass is 19.1. The summed E-state index contributed by atoms with van der Waals surface area (Å²) in [4.78, 5) is 12.2. The fourth-order valence-electron chi connectivity index (χ4n) is 1.84. The van der Waals surface area contributed by atoms with Crippen LogP contribution in [0.2, 0.25) is 0 Å². The second-order valence-electron chi connectivity index (χ2n) is 4.34. The maximum Gasteiger partial charge on any atom is 0.257 e. The van der Waals surface area contributed by atoms with Crippen LogP contribution in [0.15, 0.2) is 36.4 Å². The van der Waals surface area contributed by atoms with Gasteiger partial charge in [0.2, 0.25) is 0 Å². The molecule has 0 fully saturated rings. The quantitative estimate of drug-likeness (QED) is 0.846. The number of methoxy groups -OCH3 is 1. The SMILES string of the molecule is COc1cccc(C(=O)Nc2ccc(F)c(C)c2)c1N. The van der Waals surface area contributed by atoms with Gasteiger partial charge in [0.05, 0.1) is 18.4 Å². The lowest BCUT2D eigenvalue weighted by Gasteiger charge is -2.11. The van der Waals surface area contributed by atoms with Crippen molar-refractivity contribution in [3.05, 3.63) is 53.3 Å². The maximum absolute atomic E-state index is 13.2. The van der Waals surface area contributed by atoms with Crippen molar-refractivity contribution in [2.45, 2.75) is 6.92 Å². The fourth-order valence-corrected chi connectivity index (χ4v) is 1.84. The predicted molar refractivity (Wildman–Crippen MR) is 76.5 cm³/mol. The van der Waals surface area contributed by atoms with Gasteiger partial charge in [-0.25, -0.2) is 4.39 Å². The van der Waals surface area contributed by atoms with Crippen molar-refractivity contribution in [3.8, 4) is 5.75 Å². The number of para-hydroxylation sites is 1. The molecule has 0 atom stereocenters. The zero-order chi connectivity index (χ0) is 14.7. The monoisotopic (exact) mass is 274 g/mol. The largest absolute Gasteiger partial charge is 0.495 e. The first-order valence-electron chi connectivity index (χ1n) is 6.03. The highest BCUT2D eigenvalue weighted by molar-refractivity contribution is 6.08. The van der Waals surface area contributed by atoms with Crippen molar-refractivity contribution in [3.63, 3.8) is 0 Å². The number of halogens is 1. The zero-order valence-electron chi connectivity index (χ0n) is 11.2. The van der Waals surface area contributed by atoms with E-state index in [1.807, 2.05) is 0 Å². The molecule has 4 nitrogen and oxygen atoms in total. The van der Waals surface area contributed by atoms with E-state index >= 15 is 0 Å². The summed E-state index contributed by atoms with van der Waals surface area (Å²) in [6, 6.07) is 9.32. The van der Waals surface area contributed by atoms with E-state index in [-0.39, 0.29) is 17.4 Å². The third-order valence-corrected chi connectivity index (χ3v) is 2.95. The first-order valence-corrected chi connectivity index (χ1v) is 6.03. The lowest BCUT2D eigenvalue weighted by molar-refractivity contribution is 0.102. The number of ether oxygens (including phenoxy) is 1. The van der Waals surface area contributed by atoms with E-state index in [0.29, 0.717) is 22.6 Å². The van der Waals surface area contributed by atoms with Gasteiger partial charge >= 0.3 is 0 Å². The third kappa shape index (κ3) is 2.71. The summed E-state index contributed by atoms with van der Waals surface area (Å²) < 4.78 is 18.2. The van der Waals surface area contributed by atoms with E-state index in [1.165, 1.54) is 19.2 Å². The Morgan fingerprint density at radius 3 is 2.70 bits per heavy atom. The topological polar surface area (TPSA) is 64.3 Å². The number of aryl methyl sites for hydroxylation is 1. The van der Waals surface area contributed by atoms with E-state index in [1.54, 1.807) is 31.2 Å². The number of carbonyl (C=O) groups is 1. The van der Waals surface area contributed by atoms with Crippen LogP contribution in [0, 0.1) is 12.7 Å². The number of hydrogen-bond acceptors (Lipinski definition) is 3. The number of nitrogens with one attached hydrogen (secondary N) is 1. The fraction of sp³-hybridized carbons (Fsp3) is 0.133. The Labute approximate surface area is 116 Å². The first-order chi connectivity index (χ1) is 9.52. The van der Waals surface area contributed by atoms with Crippen molar-refractivity contribution in [1.29, 1.82) is 0 Å². The van der Waals surface area contributed by atoms with Gasteiger partial charge in [0.15, 0.2) is 0 Å². The molecular formula is C15H15FN2O2. The van der Waals surface area contributed by atoms with Gasteiger partial charge in [-0.2, -0.15) is 0 Å². The molecular weight excluding hydrogens is 259 g/mol. The van der Waals surface area contributed by atoms with Crippen LogP contribution in [0.4, 0.5) is 15.8 Å². The minimum atomic E-state index is -0.368. The number of benzene rings is 2. The molecule has 0 unspecified atom stereocenters. The summed E-state index contributed by atoms with van der Waals surface area (Å²) in [5.74, 6) is -0.246. The molecule has 20 heavy (non-hydrogen) atoms. The van der Waals surface area contributed by atoms with Crippen LogP contribution in [-0.2, 0) is 0 Å². The Morgan fingerprint density at radius 2 is 2.05 bits per heavy atom. The number of rotatable bonds is 3. The van der Waals surface area contributed by atoms with Crippen molar-refractivity contribution >= 4 is 17.3 Å². The molecule has 5 heteroatoms. The second-order valence-corrected chi connectivity index (χ2v) is 4.34. The van der Waals surface area contributed by atoms with Crippen LogP contribution in [0.3, 0.4) is 0 Å². The lowest BCUT2D eigenvalue weighted by atomic mass is 10.1. The van der Waals surface area contributed by atoms with Gasteiger partial charge in [-0.05, 0) is 42.8 Å². The molecule has 0 spiro atoms. The highest BCUT2D eigenvalue weighted by Gasteiger charge is 2.13. The molecule has 0 aromatic heterocycles. The van der Waals surface area contributed by atoms with Gasteiger partial charge < -0.3 is 15.8 Å². The molecule has 1 amide bonds. The number of carbonyl (C=O) groups excluding carboxylic acids is 1. The van der Waals surface area contributed by atoms with Gasteiger partial charge in [-0.15, -0.1) is 0 Å². The first kappa shape index (κ1) is 13.9. The molecule has 104 valence electrons. The van der Waals surface area contributed by atoms with E-state index < -0.39 is 0 Å². The van der Waals surface area contributed by atoms with Crippen LogP contribution in [-0.4, -0.2) is 13.0 Å². The van der Waals surface area contributed by atoms with Crippen molar-refractivity contribution < 1.29 is 13.9 Å². The smallest absolute Gasteiger partial charge is 0.257 e. The molecule has 0 aliphatic heterocycles. The summed E-state index contributed by atoms with van der Waals surface area (Å²) in [6.07, 6.45) is 0. The highest BCUT2D eigenvalue weighted by Crippen LogP contribution is 2.25. The van der Waals surface area contributed by atoms with E-state index in [9.17, 15) is 9.18 Å². The average Bonchev–Trinajstić information content (AvgIpc) is 2.43. The van der Waals surface area contributed by atoms with Gasteiger partial charge in [-0.3, -0.25) is 4.79 Å². The predicted octanol–water partition coefficient (Wildman–Crippen LogP) is 2.98. The van der Waals surface area contributed by atoms with Crippen molar-refractivity contribution in [2.24, 2.45) is 0 Å². The van der Waals surface area contributed by atoms with Crippen LogP contribution in [0.5, 0.6) is 5.75 Å². The normalized spacial score (nSPS) is 10.2. The van der Waals surface area contributed by atoms with Crippen molar-refractivity contribution in [1.82, 2.24) is 0 Å². The molecule has 0 aliphatic rings. The lowest BCUT2D eigenvalue weighted by Crippen LogP contribution is -2.14. The number of anilines is 2. The molecule has 3 N–H and O–H groups in total. The van der Waals surface area contributed by atoms with Gasteiger partial charge in [-0.1, -0.05) is 6.07 Å². The Bertz CT molecular complexity index is 656. The summed E-state index contributed by atoms with van der Waals surface area (Å²) in [5, 5.41) is 2.68. The standard InChI is InChI=1S/C15H15FN2O2/c1-9-8-10(6-7-12(9)16)18-15(19)11-4-3-5-13(20-2)14(11)17/h3-8H,17H2,1-2H3,(H,18,19). The summed E-state index contributed by atoms with van der Waals surface area (Å²) in [7, 11) is 1.48. The van der Waals surface area contributed by atoms with Gasteiger partial charge in [0.25, 0.3) is 5.91 Å². The Kier molecular flexibility index (Phi) is 3.89. The number of hydrogen-bond donors (Lipinski definition) is 2. The zero-order valence-corrected chi connectivity index (χ0v) is 11.2. The second kappa shape index (κ2) is 5.61. The van der Waals surface area contributed by atoms with E-state index in [2.05, 4.69) is 5.32 Å². The molecule has 0 radical (unpaired) electrons. The molecule has 2 aromatic rings. The maximum atomic E-state index is 13.2. The summed E-state index contributed by atoms with van der Waals surface area (Å²) in [5.41, 5.74) is 7.41. The minimum absolute atomic E-state index is 0.270. The minimum Gasteiger partial charge on any atom is -0.495 e. The van der Waals surface area contributed by atoms with Gasteiger partial charge in [0.1, 0.15) is 11.6 Å². The number of amides is 1. The number of nitrogens with two attached hydrogens (primary N) is 1. The van der Waals surface area contributed by atoms with Gasteiger partial charge in [0, 0.05) is 5.69 Å². The van der Waals surface area contributed by atoms with E-state index in [0.717, 1.165) is 0 Å². The average molecular weight is 274 g/mol. The molecule has 0 saturated carbocycles. The Balaban J connectivity index is 2.26. The third-order valence-electron chi connectivity index (χ3n) is 2.95. The summed E-state index contributed by atoms with van der Waals surface area (Å²) >= 11 is 0. The van der Waals surface area contributed by atoms with Crippen LogP contribution in [0.25, 0.3) is 0 Å². The summed E-state index contributed by atoms with van der Waals surface area (Å²) in [6.45, 7) is 1.63. The van der Waals surface area contributed by atoms with E-state index in [4.69, 9.17) is 10.5 Å². The Morgan fingerprint density at radius 1 is 1.30 bits per heavy atom. The van der Waals surface area contributed by atoms with Crippen LogP contribution >= 0.6 is 0 Å². The van der Waals surface area contributed by atoms with Crippen LogP contribution < -0.4 is 15.8 Å².